The van der Waals surface area contributed by atoms with Crippen molar-refractivity contribution in [2.45, 2.75) is 57.5 Å². The van der Waals surface area contributed by atoms with Gasteiger partial charge in [0.2, 0.25) is 5.78 Å². The number of aromatic nitrogens is 2. The third-order valence-corrected chi connectivity index (χ3v) is 6.29. The van der Waals surface area contributed by atoms with Crippen LogP contribution in [0.1, 0.15) is 59.6 Å². The molecule has 0 bridgehead atoms. The number of aryl methyl sites for hydroxylation is 2. The van der Waals surface area contributed by atoms with E-state index in [1.165, 1.54) is 30.2 Å². The predicted octanol–water partition coefficient (Wildman–Crippen LogP) is 5.64. The Balaban J connectivity index is 2.08. The van der Waals surface area contributed by atoms with Crippen molar-refractivity contribution < 1.29 is 19.2 Å². The van der Waals surface area contributed by atoms with E-state index < -0.39 is 33.9 Å². The number of benzene rings is 1. The molecule has 1 atom stereocenters. The Bertz CT molecular complexity index is 1280. The standard InChI is InChI=1S/C27H29N3O5S/c1-6-36-21-13-18(3)16-29-24(21)25(31)22(23-20(30(33)34)12-17(2)15-28-23)26(32)35-27(4,5)14-19-10-8-7-9-11-19/h7-13,15-16,22H,6,14H2,1-5H3. The first-order valence-electron chi connectivity index (χ1n) is 11.5. The quantitative estimate of drug-likeness (QED) is 0.0865. The molecule has 1 unspecified atom stereocenters. The number of hydrogen-bond acceptors (Lipinski definition) is 8. The number of carbonyl (C=O) groups excluding carboxylic acids is 2. The van der Waals surface area contributed by atoms with E-state index in [0.29, 0.717) is 22.6 Å². The predicted molar refractivity (Wildman–Crippen MR) is 138 cm³/mol. The zero-order chi connectivity index (χ0) is 26.5. The van der Waals surface area contributed by atoms with Gasteiger partial charge in [0.15, 0.2) is 5.92 Å². The molecule has 36 heavy (non-hydrogen) atoms. The number of carbonyl (C=O) groups is 2. The third-order valence-electron chi connectivity index (χ3n) is 5.37. The minimum Gasteiger partial charge on any atom is -0.458 e. The lowest BCUT2D eigenvalue weighted by Crippen LogP contribution is -2.36. The zero-order valence-corrected chi connectivity index (χ0v) is 21.8. The highest BCUT2D eigenvalue weighted by Crippen LogP contribution is 2.33. The van der Waals surface area contributed by atoms with Crippen LogP contribution in [-0.2, 0) is 16.0 Å². The second-order valence-corrected chi connectivity index (χ2v) is 10.4. The molecule has 0 saturated carbocycles. The number of pyridine rings is 2. The summed E-state index contributed by atoms with van der Waals surface area (Å²) in [4.78, 5) is 47.8. The molecule has 0 N–H and O–H groups in total. The number of Topliss-reactive ketones (excluding diaryl/α,β-unsaturated/α-hetero) is 1. The molecule has 0 aliphatic heterocycles. The smallest absolute Gasteiger partial charge is 0.323 e. The number of ketones is 1. The fourth-order valence-electron chi connectivity index (χ4n) is 3.86. The molecule has 0 saturated heterocycles. The summed E-state index contributed by atoms with van der Waals surface area (Å²) in [7, 11) is 0. The molecule has 0 aliphatic rings. The lowest BCUT2D eigenvalue weighted by molar-refractivity contribution is -0.386. The molecule has 8 nitrogen and oxygen atoms in total. The first-order chi connectivity index (χ1) is 17.0. The number of esters is 1. The maximum atomic E-state index is 13.9. The molecule has 3 rings (SSSR count). The van der Waals surface area contributed by atoms with Crippen LogP contribution in [0.3, 0.4) is 0 Å². The van der Waals surface area contributed by atoms with Gasteiger partial charge in [0.1, 0.15) is 17.0 Å². The number of hydrogen-bond donors (Lipinski definition) is 0. The average molecular weight is 508 g/mol. The van der Waals surface area contributed by atoms with Gasteiger partial charge in [0, 0.05) is 29.8 Å². The van der Waals surface area contributed by atoms with Crippen molar-refractivity contribution in [3.05, 3.63) is 93.1 Å². The molecule has 3 aromatic rings. The summed E-state index contributed by atoms with van der Waals surface area (Å²) in [6.07, 6.45) is 3.32. The molecule has 2 heterocycles. The summed E-state index contributed by atoms with van der Waals surface area (Å²) in [5.41, 5.74) is 0.730. The topological polar surface area (TPSA) is 112 Å². The SMILES string of the molecule is CCSc1cc(C)cnc1C(=O)C(C(=O)OC(C)(C)Cc1ccccc1)c1ncc(C)cc1[N+](=O)[O-]. The van der Waals surface area contributed by atoms with Crippen LogP contribution in [0.2, 0.25) is 0 Å². The van der Waals surface area contributed by atoms with E-state index in [1.54, 1.807) is 20.8 Å². The Kier molecular flexibility index (Phi) is 8.57. The van der Waals surface area contributed by atoms with Gasteiger partial charge in [0.05, 0.1) is 4.92 Å². The van der Waals surface area contributed by atoms with Gasteiger partial charge in [-0.1, -0.05) is 37.3 Å². The minimum atomic E-state index is -1.65. The summed E-state index contributed by atoms with van der Waals surface area (Å²) in [6, 6.07) is 12.6. The maximum absolute atomic E-state index is 13.9. The van der Waals surface area contributed by atoms with E-state index in [4.69, 9.17) is 4.74 Å². The van der Waals surface area contributed by atoms with Crippen LogP contribution < -0.4 is 0 Å². The van der Waals surface area contributed by atoms with Gasteiger partial charge in [-0.2, -0.15) is 0 Å². The highest BCUT2D eigenvalue weighted by atomic mass is 32.2. The van der Waals surface area contributed by atoms with Crippen molar-refractivity contribution in [3.8, 4) is 0 Å². The molecular weight excluding hydrogens is 478 g/mol. The zero-order valence-electron chi connectivity index (χ0n) is 21.0. The molecule has 9 heteroatoms. The van der Waals surface area contributed by atoms with Crippen molar-refractivity contribution in [3.63, 3.8) is 0 Å². The molecule has 0 spiro atoms. The summed E-state index contributed by atoms with van der Waals surface area (Å²) in [5.74, 6) is -2.57. The van der Waals surface area contributed by atoms with Gasteiger partial charge >= 0.3 is 5.97 Å². The Morgan fingerprint density at radius 1 is 1.08 bits per heavy atom. The lowest BCUT2D eigenvalue weighted by Gasteiger charge is -2.27. The van der Waals surface area contributed by atoms with Gasteiger partial charge in [0.25, 0.3) is 5.69 Å². The fourth-order valence-corrected chi connectivity index (χ4v) is 4.73. The van der Waals surface area contributed by atoms with Gasteiger partial charge in [-0.05, 0) is 56.2 Å². The minimum absolute atomic E-state index is 0.0620. The molecule has 0 radical (unpaired) electrons. The molecular formula is C27H29N3O5S. The Morgan fingerprint density at radius 3 is 2.36 bits per heavy atom. The normalized spacial score (nSPS) is 12.1. The van der Waals surface area contributed by atoms with Crippen LogP contribution in [0.15, 0.2) is 59.8 Å². The summed E-state index contributed by atoms with van der Waals surface area (Å²) >= 11 is 1.41. The average Bonchev–Trinajstić information content (AvgIpc) is 2.80. The third kappa shape index (κ3) is 6.54. The number of ether oxygens (including phenoxy) is 1. The highest BCUT2D eigenvalue weighted by Gasteiger charge is 2.41. The van der Waals surface area contributed by atoms with Crippen LogP contribution in [0.25, 0.3) is 0 Å². The monoisotopic (exact) mass is 507 g/mol. The van der Waals surface area contributed by atoms with Crippen molar-refractivity contribution in [2.24, 2.45) is 0 Å². The summed E-state index contributed by atoms with van der Waals surface area (Å²) in [6.45, 7) is 8.91. The number of nitro groups is 1. The molecule has 0 fully saturated rings. The number of rotatable bonds is 10. The Hall–Kier alpha value is -3.59. The van der Waals surface area contributed by atoms with Crippen LogP contribution in [0.5, 0.6) is 0 Å². The number of thioether (sulfide) groups is 1. The van der Waals surface area contributed by atoms with E-state index in [9.17, 15) is 19.7 Å². The van der Waals surface area contributed by atoms with E-state index in [2.05, 4.69) is 9.97 Å². The molecule has 0 aliphatic carbocycles. The van der Waals surface area contributed by atoms with Crippen LogP contribution in [0.4, 0.5) is 5.69 Å². The molecule has 188 valence electrons. The highest BCUT2D eigenvalue weighted by molar-refractivity contribution is 7.99. The lowest BCUT2D eigenvalue weighted by atomic mass is 9.93. The van der Waals surface area contributed by atoms with Gasteiger partial charge < -0.3 is 4.74 Å². The van der Waals surface area contributed by atoms with Crippen LogP contribution >= 0.6 is 11.8 Å². The first-order valence-corrected chi connectivity index (χ1v) is 12.5. The molecule has 2 aromatic heterocycles. The molecule has 1 aromatic carbocycles. The van der Waals surface area contributed by atoms with Gasteiger partial charge in [-0.15, -0.1) is 11.8 Å². The van der Waals surface area contributed by atoms with E-state index in [1.807, 2.05) is 50.2 Å². The Labute approximate surface area is 214 Å². The van der Waals surface area contributed by atoms with Gasteiger partial charge in [-0.3, -0.25) is 29.7 Å². The number of nitrogens with zero attached hydrogens (tertiary/aromatic N) is 3. The van der Waals surface area contributed by atoms with Gasteiger partial charge in [-0.25, -0.2) is 0 Å². The Morgan fingerprint density at radius 2 is 1.72 bits per heavy atom. The van der Waals surface area contributed by atoms with Crippen molar-refractivity contribution in [1.29, 1.82) is 0 Å². The van der Waals surface area contributed by atoms with Crippen molar-refractivity contribution >= 4 is 29.2 Å². The molecule has 0 amide bonds. The van der Waals surface area contributed by atoms with Crippen molar-refractivity contribution in [2.75, 3.05) is 5.75 Å². The second kappa shape index (κ2) is 11.4. The summed E-state index contributed by atoms with van der Waals surface area (Å²) in [5, 5.41) is 11.9. The summed E-state index contributed by atoms with van der Waals surface area (Å²) < 4.78 is 5.83. The van der Waals surface area contributed by atoms with E-state index in [-0.39, 0.29) is 11.4 Å². The van der Waals surface area contributed by atoms with E-state index in [0.717, 1.165) is 11.1 Å². The van der Waals surface area contributed by atoms with Crippen LogP contribution in [-0.4, -0.2) is 38.0 Å². The fraction of sp³-hybridized carbons (Fsp3) is 0.333. The first kappa shape index (κ1) is 27.0. The van der Waals surface area contributed by atoms with Crippen LogP contribution in [0, 0.1) is 24.0 Å². The van der Waals surface area contributed by atoms with E-state index >= 15 is 0 Å². The van der Waals surface area contributed by atoms with Crippen molar-refractivity contribution in [1.82, 2.24) is 9.97 Å². The maximum Gasteiger partial charge on any atom is 0.323 e. The largest absolute Gasteiger partial charge is 0.458 e. The second-order valence-electron chi connectivity index (χ2n) is 9.11.